The van der Waals surface area contributed by atoms with Gasteiger partial charge in [-0.15, -0.1) is 0 Å². The lowest BCUT2D eigenvalue weighted by molar-refractivity contribution is -0.113. The second-order valence-corrected chi connectivity index (χ2v) is 8.75. The molecule has 0 spiro atoms. The van der Waals surface area contributed by atoms with Crippen LogP contribution in [0, 0.1) is 5.82 Å². The summed E-state index contributed by atoms with van der Waals surface area (Å²) >= 11 is 7.34. The molecule has 1 saturated heterocycles. The number of piperazine rings is 1. The van der Waals surface area contributed by atoms with Crippen molar-refractivity contribution in [2.24, 2.45) is 0 Å². The van der Waals surface area contributed by atoms with Crippen molar-refractivity contribution in [2.45, 2.75) is 5.03 Å². The molecule has 2 aromatic carbocycles. The van der Waals surface area contributed by atoms with E-state index in [1.54, 1.807) is 30.3 Å². The Labute approximate surface area is 200 Å². The van der Waals surface area contributed by atoms with Crippen molar-refractivity contribution in [1.82, 2.24) is 9.97 Å². The van der Waals surface area contributed by atoms with E-state index < -0.39 is 0 Å². The van der Waals surface area contributed by atoms with Gasteiger partial charge in [-0.05, 0) is 30.3 Å². The number of anilines is 3. The molecule has 0 aliphatic carbocycles. The van der Waals surface area contributed by atoms with Gasteiger partial charge in [0, 0.05) is 37.3 Å². The molecule has 2 heterocycles. The van der Waals surface area contributed by atoms with Crippen molar-refractivity contribution in [2.75, 3.05) is 54.2 Å². The number of methoxy groups -OCH3 is 1. The highest BCUT2D eigenvalue weighted by molar-refractivity contribution is 7.99. The van der Waals surface area contributed by atoms with Crippen LogP contribution in [-0.4, -0.2) is 54.9 Å². The third-order valence-corrected chi connectivity index (χ3v) is 6.37. The van der Waals surface area contributed by atoms with E-state index in [9.17, 15) is 9.18 Å². The first kappa shape index (κ1) is 23.1. The number of nitrogens with one attached hydrogen (secondary N) is 1. The molecule has 33 heavy (non-hydrogen) atoms. The third kappa shape index (κ3) is 5.85. The summed E-state index contributed by atoms with van der Waals surface area (Å²) in [5, 5.41) is 4.02. The van der Waals surface area contributed by atoms with E-state index in [1.807, 2.05) is 17.0 Å². The Hall–Kier alpha value is -3.04. The summed E-state index contributed by atoms with van der Waals surface area (Å²) in [4.78, 5) is 25.3. The van der Waals surface area contributed by atoms with Gasteiger partial charge in [-0.3, -0.25) is 4.79 Å². The number of rotatable bonds is 7. The van der Waals surface area contributed by atoms with Crippen LogP contribution in [0.3, 0.4) is 0 Å². The second kappa shape index (κ2) is 10.7. The molecule has 0 saturated carbocycles. The van der Waals surface area contributed by atoms with Crippen LogP contribution in [-0.2, 0) is 4.79 Å². The number of amides is 1. The standard InChI is InChI=1S/C23H23ClFN5O2S/c1-32-20-7-6-16(24)12-18(20)28-22(31)14-33-23-13-21(26-15-27-23)30-10-8-29(9-11-30)19-5-3-2-4-17(19)25/h2-7,12-13,15H,8-11,14H2,1H3,(H,28,31). The number of nitrogens with zero attached hydrogens (tertiary/aromatic N) is 4. The zero-order valence-corrected chi connectivity index (χ0v) is 19.6. The van der Waals surface area contributed by atoms with Crippen LogP contribution in [0.15, 0.2) is 59.9 Å². The molecule has 1 aromatic heterocycles. The molecule has 7 nitrogen and oxygen atoms in total. The molecule has 1 amide bonds. The van der Waals surface area contributed by atoms with Gasteiger partial charge in [0.25, 0.3) is 0 Å². The van der Waals surface area contributed by atoms with E-state index in [1.165, 1.54) is 31.3 Å². The molecule has 172 valence electrons. The Kier molecular flexibility index (Phi) is 7.51. The van der Waals surface area contributed by atoms with Gasteiger partial charge in [0.1, 0.15) is 28.7 Å². The van der Waals surface area contributed by atoms with Crippen LogP contribution >= 0.6 is 23.4 Å². The predicted molar refractivity (Wildman–Crippen MR) is 130 cm³/mol. The lowest BCUT2D eigenvalue weighted by atomic mass is 10.2. The summed E-state index contributed by atoms with van der Waals surface area (Å²) in [5.41, 5.74) is 1.14. The van der Waals surface area contributed by atoms with E-state index in [0.29, 0.717) is 53.4 Å². The Balaban J connectivity index is 1.33. The molecule has 4 rings (SSSR count). The maximum Gasteiger partial charge on any atom is 0.234 e. The molecule has 1 N–H and O–H groups in total. The van der Waals surface area contributed by atoms with Crippen molar-refractivity contribution in [1.29, 1.82) is 0 Å². The number of carbonyl (C=O) groups is 1. The molecule has 1 aliphatic heterocycles. The topological polar surface area (TPSA) is 70.6 Å². The van der Waals surface area contributed by atoms with Gasteiger partial charge in [-0.1, -0.05) is 35.5 Å². The second-order valence-electron chi connectivity index (χ2n) is 7.32. The first-order valence-corrected chi connectivity index (χ1v) is 11.7. The van der Waals surface area contributed by atoms with E-state index in [2.05, 4.69) is 20.2 Å². The number of carbonyl (C=O) groups excluding carboxylic acids is 1. The van der Waals surface area contributed by atoms with Crippen LogP contribution in [0.4, 0.5) is 21.6 Å². The molecule has 0 unspecified atom stereocenters. The number of hydrogen-bond acceptors (Lipinski definition) is 7. The van der Waals surface area contributed by atoms with Crippen LogP contribution in [0.5, 0.6) is 5.75 Å². The smallest absolute Gasteiger partial charge is 0.234 e. The maximum absolute atomic E-state index is 14.1. The van der Waals surface area contributed by atoms with Gasteiger partial charge in [0.2, 0.25) is 5.91 Å². The highest BCUT2D eigenvalue weighted by Gasteiger charge is 2.20. The number of ether oxygens (including phenoxy) is 1. The summed E-state index contributed by atoms with van der Waals surface area (Å²) in [6.45, 7) is 2.81. The van der Waals surface area contributed by atoms with Crippen molar-refractivity contribution in [3.8, 4) is 5.75 Å². The van der Waals surface area contributed by atoms with Crippen LogP contribution in [0.1, 0.15) is 0 Å². The SMILES string of the molecule is COc1ccc(Cl)cc1NC(=O)CSc1cc(N2CCN(c3ccccc3F)CC2)ncn1. The quantitative estimate of drug-likeness (QED) is 0.392. The molecule has 1 fully saturated rings. The van der Waals surface area contributed by atoms with E-state index in [4.69, 9.17) is 16.3 Å². The van der Waals surface area contributed by atoms with Gasteiger partial charge in [0.05, 0.1) is 24.2 Å². The Morgan fingerprint density at radius 2 is 1.88 bits per heavy atom. The van der Waals surface area contributed by atoms with E-state index in [-0.39, 0.29) is 17.5 Å². The van der Waals surface area contributed by atoms with E-state index >= 15 is 0 Å². The van der Waals surface area contributed by atoms with Gasteiger partial charge in [-0.25, -0.2) is 14.4 Å². The zero-order chi connectivity index (χ0) is 23.2. The van der Waals surface area contributed by atoms with E-state index in [0.717, 1.165) is 5.82 Å². The fourth-order valence-corrected chi connectivity index (χ4v) is 4.40. The molecular weight excluding hydrogens is 465 g/mol. The largest absolute Gasteiger partial charge is 0.495 e. The highest BCUT2D eigenvalue weighted by Crippen LogP contribution is 2.28. The molecule has 0 radical (unpaired) electrons. The number of benzene rings is 2. The normalized spacial score (nSPS) is 13.7. The number of aromatic nitrogens is 2. The number of para-hydroxylation sites is 1. The van der Waals surface area contributed by atoms with Gasteiger partial charge < -0.3 is 19.9 Å². The fourth-order valence-electron chi connectivity index (χ4n) is 3.57. The molecule has 1 aliphatic rings. The molecule has 3 aromatic rings. The van der Waals surface area contributed by atoms with Crippen LogP contribution in [0.25, 0.3) is 0 Å². The predicted octanol–water partition coefficient (Wildman–Crippen LogP) is 4.34. The van der Waals surface area contributed by atoms with Gasteiger partial charge in [-0.2, -0.15) is 0 Å². The monoisotopic (exact) mass is 487 g/mol. The number of hydrogen-bond donors (Lipinski definition) is 1. The zero-order valence-electron chi connectivity index (χ0n) is 18.0. The Morgan fingerprint density at radius 3 is 2.64 bits per heavy atom. The lowest BCUT2D eigenvalue weighted by Gasteiger charge is -2.36. The highest BCUT2D eigenvalue weighted by atomic mass is 35.5. The first-order valence-electron chi connectivity index (χ1n) is 10.4. The first-order chi connectivity index (χ1) is 16.0. The maximum atomic E-state index is 14.1. The van der Waals surface area contributed by atoms with Crippen molar-refractivity contribution >= 4 is 46.5 Å². The average Bonchev–Trinajstić information content (AvgIpc) is 2.84. The number of halogens is 2. The van der Waals surface area contributed by atoms with Crippen molar-refractivity contribution in [3.63, 3.8) is 0 Å². The van der Waals surface area contributed by atoms with Crippen molar-refractivity contribution < 1.29 is 13.9 Å². The molecule has 0 bridgehead atoms. The average molecular weight is 488 g/mol. The van der Waals surface area contributed by atoms with Gasteiger partial charge in [0.15, 0.2) is 0 Å². The summed E-state index contributed by atoms with van der Waals surface area (Å²) in [6, 6.07) is 13.7. The molecule has 10 heteroatoms. The lowest BCUT2D eigenvalue weighted by Crippen LogP contribution is -2.47. The number of thioether (sulfide) groups is 1. The van der Waals surface area contributed by atoms with Crippen LogP contribution < -0.4 is 19.9 Å². The minimum absolute atomic E-state index is 0.174. The van der Waals surface area contributed by atoms with Gasteiger partial charge >= 0.3 is 0 Å². The molecular formula is C23H23ClFN5O2S. The minimum atomic E-state index is -0.208. The molecule has 0 atom stereocenters. The van der Waals surface area contributed by atoms with Crippen LogP contribution in [0.2, 0.25) is 5.02 Å². The fraction of sp³-hybridized carbons (Fsp3) is 0.261. The summed E-state index contributed by atoms with van der Waals surface area (Å²) < 4.78 is 19.3. The van der Waals surface area contributed by atoms with Crippen molar-refractivity contribution in [3.05, 3.63) is 65.7 Å². The Morgan fingerprint density at radius 1 is 1.12 bits per heavy atom. The minimum Gasteiger partial charge on any atom is -0.495 e. The summed E-state index contributed by atoms with van der Waals surface area (Å²) in [5.74, 6) is 1.10. The summed E-state index contributed by atoms with van der Waals surface area (Å²) in [6.07, 6.45) is 1.50. The third-order valence-electron chi connectivity index (χ3n) is 5.21. The summed E-state index contributed by atoms with van der Waals surface area (Å²) in [7, 11) is 1.53. The Bertz CT molecular complexity index is 1130.